The van der Waals surface area contributed by atoms with E-state index in [1.807, 2.05) is 6.07 Å². The molecule has 0 aromatic carbocycles. The van der Waals surface area contributed by atoms with Crippen LogP contribution in [0.2, 0.25) is 0 Å². The summed E-state index contributed by atoms with van der Waals surface area (Å²) in [6.07, 6.45) is 7.92. The summed E-state index contributed by atoms with van der Waals surface area (Å²) in [7, 11) is 1.65. The van der Waals surface area contributed by atoms with Crippen molar-refractivity contribution in [1.29, 1.82) is 0 Å². The van der Waals surface area contributed by atoms with Crippen LogP contribution >= 0.6 is 24.8 Å². The van der Waals surface area contributed by atoms with Crippen LogP contribution in [0.4, 0.5) is 5.82 Å². The highest BCUT2D eigenvalue weighted by atomic mass is 35.5. The van der Waals surface area contributed by atoms with Crippen molar-refractivity contribution in [2.24, 2.45) is 5.73 Å². The van der Waals surface area contributed by atoms with E-state index in [1.54, 1.807) is 25.7 Å². The minimum Gasteiger partial charge on any atom is -0.377 e. The molecule has 2 aromatic heterocycles. The van der Waals surface area contributed by atoms with Gasteiger partial charge in [-0.15, -0.1) is 24.8 Å². The van der Waals surface area contributed by atoms with Crippen LogP contribution in [-0.4, -0.2) is 39.6 Å². The van der Waals surface area contributed by atoms with Crippen molar-refractivity contribution >= 4 is 30.6 Å². The van der Waals surface area contributed by atoms with E-state index in [9.17, 15) is 0 Å². The first-order chi connectivity index (χ1) is 11.2. The van der Waals surface area contributed by atoms with Gasteiger partial charge in [-0.25, -0.2) is 9.97 Å². The predicted molar refractivity (Wildman–Crippen MR) is 101 cm³/mol. The van der Waals surface area contributed by atoms with Crippen LogP contribution in [-0.2, 0) is 17.8 Å². The first-order valence-corrected chi connectivity index (χ1v) is 7.85. The van der Waals surface area contributed by atoms with Crippen molar-refractivity contribution in [3.8, 4) is 0 Å². The third-order valence-corrected chi connectivity index (χ3v) is 3.96. The summed E-state index contributed by atoms with van der Waals surface area (Å²) in [4.78, 5) is 17.4. The number of nitrogens with two attached hydrogens (primary N) is 1. The topological polar surface area (TPSA) is 98.8 Å². The molecule has 0 amide bonds. The second-order valence-corrected chi connectivity index (χ2v) is 5.83. The zero-order chi connectivity index (χ0) is 16.1. The zero-order valence-electron chi connectivity index (χ0n) is 14.1. The summed E-state index contributed by atoms with van der Waals surface area (Å²) in [6.45, 7) is 1.15. The quantitative estimate of drug-likeness (QED) is 0.751. The van der Waals surface area contributed by atoms with Gasteiger partial charge in [0.2, 0.25) is 0 Å². The number of nitrogens with one attached hydrogen (secondary N) is 1. The Labute approximate surface area is 160 Å². The fourth-order valence-electron chi connectivity index (χ4n) is 2.69. The van der Waals surface area contributed by atoms with Crippen molar-refractivity contribution in [1.82, 2.24) is 19.9 Å². The molecule has 3 N–H and O–H groups in total. The number of hydrogen-bond donors (Lipinski definition) is 2. The van der Waals surface area contributed by atoms with Gasteiger partial charge in [-0.1, -0.05) is 0 Å². The molecule has 0 spiro atoms. The maximum atomic E-state index is 5.89. The average molecular weight is 387 g/mol. The van der Waals surface area contributed by atoms with Crippen molar-refractivity contribution in [3.63, 3.8) is 0 Å². The molecule has 25 heavy (non-hydrogen) atoms. The molecular weight excluding hydrogens is 363 g/mol. The Morgan fingerprint density at radius 1 is 1.24 bits per heavy atom. The number of methoxy groups -OCH3 is 1. The molecule has 1 fully saturated rings. The predicted octanol–water partition coefficient (Wildman–Crippen LogP) is 2.12. The second-order valence-electron chi connectivity index (χ2n) is 5.83. The van der Waals surface area contributed by atoms with E-state index >= 15 is 0 Å². The Morgan fingerprint density at radius 3 is 2.68 bits per heavy atom. The van der Waals surface area contributed by atoms with E-state index in [0.29, 0.717) is 24.4 Å². The van der Waals surface area contributed by atoms with Crippen molar-refractivity contribution < 1.29 is 4.74 Å². The first-order valence-electron chi connectivity index (χ1n) is 7.85. The molecule has 0 atom stereocenters. The van der Waals surface area contributed by atoms with Crippen molar-refractivity contribution in [2.75, 3.05) is 19.0 Å². The Balaban J connectivity index is 0.00000156. The molecular formula is C16H24Cl2N6O. The highest BCUT2D eigenvalue weighted by Gasteiger charge is 2.29. The minimum atomic E-state index is 0. The average Bonchev–Trinajstić information content (AvgIpc) is 2.53. The lowest BCUT2D eigenvalue weighted by atomic mass is 9.78. The molecule has 1 aliphatic rings. The lowest BCUT2D eigenvalue weighted by Gasteiger charge is -2.32. The highest BCUT2D eigenvalue weighted by molar-refractivity contribution is 5.85. The third-order valence-electron chi connectivity index (χ3n) is 3.96. The van der Waals surface area contributed by atoms with E-state index in [1.165, 1.54) is 0 Å². The Morgan fingerprint density at radius 2 is 2.04 bits per heavy atom. The molecule has 1 aliphatic carbocycles. The highest BCUT2D eigenvalue weighted by Crippen LogP contribution is 2.35. The van der Waals surface area contributed by atoms with E-state index in [2.05, 4.69) is 25.3 Å². The van der Waals surface area contributed by atoms with E-state index in [0.717, 1.165) is 43.0 Å². The molecule has 2 heterocycles. The molecule has 2 aromatic rings. The molecule has 0 bridgehead atoms. The van der Waals surface area contributed by atoms with Crippen LogP contribution < -0.4 is 11.1 Å². The number of halogens is 2. The van der Waals surface area contributed by atoms with Crippen molar-refractivity contribution in [3.05, 3.63) is 41.9 Å². The second kappa shape index (κ2) is 10.5. The molecule has 0 aliphatic heterocycles. The maximum absolute atomic E-state index is 5.89. The number of nitrogens with zero attached hydrogens (tertiary/aromatic N) is 4. The van der Waals surface area contributed by atoms with Crippen LogP contribution in [0.3, 0.4) is 0 Å². The molecule has 0 saturated heterocycles. The van der Waals surface area contributed by atoms with Crippen LogP contribution in [0.5, 0.6) is 0 Å². The Kier molecular flexibility index (Phi) is 8.99. The van der Waals surface area contributed by atoms with Gasteiger partial charge in [0.05, 0.1) is 5.69 Å². The van der Waals surface area contributed by atoms with Gasteiger partial charge < -0.3 is 15.8 Å². The minimum absolute atomic E-state index is 0. The SMILES string of the molecule is COCc1nc(NCCc2cnccn2)cc(C2CC(N)C2)n1.Cl.Cl. The number of ether oxygens (including phenoxy) is 1. The molecule has 138 valence electrons. The summed E-state index contributed by atoms with van der Waals surface area (Å²) < 4.78 is 5.17. The molecule has 3 rings (SSSR count). The first kappa shape index (κ1) is 21.5. The van der Waals surface area contributed by atoms with Gasteiger partial charge in [-0.2, -0.15) is 0 Å². The molecule has 1 saturated carbocycles. The monoisotopic (exact) mass is 386 g/mol. The summed E-state index contributed by atoms with van der Waals surface area (Å²) in [5.41, 5.74) is 7.90. The smallest absolute Gasteiger partial charge is 0.156 e. The summed E-state index contributed by atoms with van der Waals surface area (Å²) in [6, 6.07) is 2.32. The fourth-order valence-corrected chi connectivity index (χ4v) is 2.69. The van der Waals surface area contributed by atoms with Gasteiger partial charge in [0.25, 0.3) is 0 Å². The zero-order valence-corrected chi connectivity index (χ0v) is 15.7. The molecule has 7 nitrogen and oxygen atoms in total. The third kappa shape index (κ3) is 6.04. The molecule has 9 heteroatoms. The van der Waals surface area contributed by atoms with E-state index in [-0.39, 0.29) is 24.8 Å². The van der Waals surface area contributed by atoms with Crippen LogP contribution in [0.15, 0.2) is 24.7 Å². The lowest BCUT2D eigenvalue weighted by Crippen LogP contribution is -2.35. The van der Waals surface area contributed by atoms with Gasteiger partial charge in [0.1, 0.15) is 12.4 Å². The summed E-state index contributed by atoms with van der Waals surface area (Å²) >= 11 is 0. The Hall–Kier alpha value is -1.54. The summed E-state index contributed by atoms with van der Waals surface area (Å²) in [5, 5.41) is 3.34. The van der Waals surface area contributed by atoms with Crippen LogP contribution in [0, 0.1) is 0 Å². The fraction of sp³-hybridized carbons (Fsp3) is 0.500. The number of aromatic nitrogens is 4. The standard InChI is InChI=1S/C16H22N6O.2ClH/c1-23-10-16-21-14(11-6-12(17)7-11)8-15(22-16)20-3-2-13-9-18-4-5-19-13;;/h4-5,8-9,11-12H,2-3,6-7,10,17H2,1H3,(H,20,21,22);2*1H. The molecule has 0 radical (unpaired) electrons. The van der Waals surface area contributed by atoms with Gasteiger partial charge in [-0.3, -0.25) is 9.97 Å². The number of hydrogen-bond acceptors (Lipinski definition) is 7. The largest absolute Gasteiger partial charge is 0.377 e. The van der Waals surface area contributed by atoms with Crippen molar-refractivity contribution in [2.45, 2.75) is 37.8 Å². The summed E-state index contributed by atoms with van der Waals surface area (Å²) in [5.74, 6) is 1.96. The van der Waals surface area contributed by atoms with Gasteiger partial charge in [0.15, 0.2) is 5.82 Å². The van der Waals surface area contributed by atoms with Crippen LogP contribution in [0.1, 0.15) is 36.0 Å². The van der Waals surface area contributed by atoms with Gasteiger partial charge in [-0.05, 0) is 12.8 Å². The van der Waals surface area contributed by atoms with Gasteiger partial charge >= 0.3 is 0 Å². The van der Waals surface area contributed by atoms with Gasteiger partial charge in [0, 0.05) is 62.4 Å². The normalized spacial score (nSPS) is 18.5. The lowest BCUT2D eigenvalue weighted by molar-refractivity contribution is 0.177. The maximum Gasteiger partial charge on any atom is 0.156 e. The van der Waals surface area contributed by atoms with E-state index < -0.39 is 0 Å². The molecule has 0 unspecified atom stereocenters. The van der Waals surface area contributed by atoms with Crippen LogP contribution in [0.25, 0.3) is 0 Å². The number of anilines is 1. The Bertz CT molecular complexity index is 640. The number of rotatable bonds is 7. The van der Waals surface area contributed by atoms with E-state index in [4.69, 9.17) is 10.5 Å².